The molecule has 1 fully saturated rings. The van der Waals surface area contributed by atoms with Gasteiger partial charge in [0.05, 0.1) is 21.8 Å². The molecule has 0 radical (unpaired) electrons. The Morgan fingerprint density at radius 1 is 1.16 bits per heavy atom. The molecule has 25 heavy (non-hydrogen) atoms. The molecule has 0 saturated heterocycles. The number of benzene rings is 1. The maximum Gasteiger partial charge on any atom is 0.239 e. The summed E-state index contributed by atoms with van der Waals surface area (Å²) in [7, 11) is 1.57. The van der Waals surface area contributed by atoms with E-state index in [4.69, 9.17) is 4.98 Å². The lowest BCUT2D eigenvalue weighted by atomic mass is 9.69. The highest BCUT2D eigenvalue weighted by Gasteiger charge is 2.35. The molecule has 0 spiro atoms. The third-order valence-electron chi connectivity index (χ3n) is 5.04. The molecule has 3 rings (SSSR count). The van der Waals surface area contributed by atoms with Crippen molar-refractivity contribution in [2.45, 2.75) is 44.9 Å². The molecule has 1 aromatic carbocycles. The molecular weight excluding hydrogens is 334 g/mol. The van der Waals surface area contributed by atoms with Gasteiger partial charge in [-0.2, -0.15) is 0 Å². The van der Waals surface area contributed by atoms with Crippen molar-refractivity contribution in [1.29, 1.82) is 0 Å². The molecule has 2 aromatic rings. The van der Waals surface area contributed by atoms with Crippen molar-refractivity contribution in [2.75, 3.05) is 13.6 Å². The van der Waals surface area contributed by atoms with E-state index in [0.29, 0.717) is 6.42 Å². The number of nitrogens with zero attached hydrogens (tertiary/aromatic N) is 1. The summed E-state index contributed by atoms with van der Waals surface area (Å²) in [5, 5.41) is 6.39. The average Bonchev–Trinajstić information content (AvgIpc) is 3.02. The summed E-state index contributed by atoms with van der Waals surface area (Å²) in [6, 6.07) is 8.18. The average molecular weight is 359 g/mol. The fourth-order valence-corrected chi connectivity index (χ4v) is 4.85. The summed E-state index contributed by atoms with van der Waals surface area (Å²) < 4.78 is 1.20. The van der Waals surface area contributed by atoms with E-state index in [1.54, 1.807) is 18.4 Å². The van der Waals surface area contributed by atoms with Gasteiger partial charge < -0.3 is 10.6 Å². The van der Waals surface area contributed by atoms with Gasteiger partial charge in [0, 0.05) is 19.9 Å². The van der Waals surface area contributed by atoms with Crippen LogP contribution in [0, 0.1) is 5.41 Å². The predicted molar refractivity (Wildman–Crippen MR) is 101 cm³/mol. The van der Waals surface area contributed by atoms with E-state index < -0.39 is 0 Å². The third kappa shape index (κ3) is 4.57. The van der Waals surface area contributed by atoms with Gasteiger partial charge in [-0.05, 0) is 30.4 Å². The van der Waals surface area contributed by atoms with Crippen molar-refractivity contribution in [3.63, 3.8) is 0 Å². The summed E-state index contributed by atoms with van der Waals surface area (Å²) in [6.07, 6.45) is 6.98. The van der Waals surface area contributed by atoms with Crippen LogP contribution < -0.4 is 10.6 Å². The lowest BCUT2D eigenvalue weighted by Crippen LogP contribution is -2.39. The first kappa shape index (κ1) is 17.9. The number of thiazole rings is 1. The molecule has 1 aliphatic carbocycles. The molecule has 134 valence electrons. The SMILES string of the molecule is CNC(=O)CNC(=O)CC1(Cc2nc3ccccc3s2)CCCCC1. The summed E-state index contributed by atoms with van der Waals surface area (Å²) in [5.74, 6) is -0.205. The minimum absolute atomic E-state index is 0.0289. The first-order valence-corrected chi connectivity index (χ1v) is 9.74. The number of hydrogen-bond donors (Lipinski definition) is 2. The van der Waals surface area contributed by atoms with Gasteiger partial charge in [-0.1, -0.05) is 31.4 Å². The lowest BCUT2D eigenvalue weighted by molar-refractivity contribution is -0.127. The zero-order valence-corrected chi connectivity index (χ0v) is 15.5. The van der Waals surface area contributed by atoms with Gasteiger partial charge in [0.2, 0.25) is 11.8 Å². The first-order valence-electron chi connectivity index (χ1n) is 8.92. The van der Waals surface area contributed by atoms with Crippen molar-refractivity contribution in [2.24, 2.45) is 5.41 Å². The van der Waals surface area contributed by atoms with E-state index in [0.717, 1.165) is 42.6 Å². The molecule has 0 atom stereocenters. The Hall–Kier alpha value is -1.95. The molecular formula is C19H25N3O2S. The minimum Gasteiger partial charge on any atom is -0.358 e. The number of likely N-dealkylation sites (N-methyl/N-ethyl adjacent to an activating group) is 1. The summed E-state index contributed by atoms with van der Waals surface area (Å²) >= 11 is 1.73. The second-order valence-corrected chi connectivity index (χ2v) is 8.05. The first-order chi connectivity index (χ1) is 12.1. The smallest absolute Gasteiger partial charge is 0.239 e. The second-order valence-electron chi connectivity index (χ2n) is 6.94. The Labute approximate surface area is 152 Å². The van der Waals surface area contributed by atoms with Crippen LogP contribution in [0.2, 0.25) is 0 Å². The summed E-state index contributed by atoms with van der Waals surface area (Å²) in [4.78, 5) is 28.5. The molecule has 6 heteroatoms. The highest BCUT2D eigenvalue weighted by atomic mass is 32.1. The lowest BCUT2D eigenvalue weighted by Gasteiger charge is -2.36. The molecule has 0 aliphatic heterocycles. The molecule has 5 nitrogen and oxygen atoms in total. The number of carbonyl (C=O) groups is 2. The maximum atomic E-state index is 12.4. The van der Waals surface area contributed by atoms with Crippen molar-refractivity contribution in [3.8, 4) is 0 Å². The van der Waals surface area contributed by atoms with Crippen molar-refractivity contribution in [1.82, 2.24) is 15.6 Å². The molecule has 2 N–H and O–H groups in total. The van der Waals surface area contributed by atoms with Gasteiger partial charge in [0.1, 0.15) is 0 Å². The van der Waals surface area contributed by atoms with Crippen molar-refractivity contribution < 1.29 is 9.59 Å². The van der Waals surface area contributed by atoms with E-state index in [2.05, 4.69) is 16.7 Å². The number of nitrogens with one attached hydrogen (secondary N) is 2. The highest BCUT2D eigenvalue weighted by molar-refractivity contribution is 7.18. The Balaban J connectivity index is 1.71. The Bertz CT molecular complexity index is 717. The number of amides is 2. The van der Waals surface area contributed by atoms with Gasteiger partial charge in [-0.15, -0.1) is 11.3 Å². The summed E-state index contributed by atoms with van der Waals surface area (Å²) in [5.41, 5.74) is 1.01. The van der Waals surface area contributed by atoms with Crippen molar-refractivity contribution >= 4 is 33.4 Å². The fraction of sp³-hybridized carbons (Fsp3) is 0.526. The van der Waals surface area contributed by atoms with E-state index in [1.165, 1.54) is 11.1 Å². The number of carbonyl (C=O) groups excluding carboxylic acids is 2. The molecule has 1 aromatic heterocycles. The zero-order chi connectivity index (χ0) is 17.7. The van der Waals surface area contributed by atoms with Crippen LogP contribution in [-0.4, -0.2) is 30.4 Å². The van der Waals surface area contributed by atoms with Crippen LogP contribution in [0.3, 0.4) is 0 Å². The van der Waals surface area contributed by atoms with Crippen molar-refractivity contribution in [3.05, 3.63) is 29.3 Å². The van der Waals surface area contributed by atoms with Crippen LogP contribution in [0.1, 0.15) is 43.5 Å². The van der Waals surface area contributed by atoms with Gasteiger partial charge in [-0.25, -0.2) is 4.98 Å². The Morgan fingerprint density at radius 3 is 2.64 bits per heavy atom. The monoisotopic (exact) mass is 359 g/mol. The standard InChI is InChI=1S/C19H25N3O2S/c1-20-17(24)13-21-16(23)11-19(9-5-2-6-10-19)12-18-22-14-7-3-4-8-15(14)25-18/h3-4,7-8H,2,5-6,9-13H2,1H3,(H,20,24)(H,21,23). The number of aromatic nitrogens is 1. The van der Waals surface area contributed by atoms with Gasteiger partial charge >= 0.3 is 0 Å². The molecule has 0 unspecified atom stereocenters. The number of fused-ring (bicyclic) bond motifs is 1. The van der Waals surface area contributed by atoms with Crippen LogP contribution in [0.15, 0.2) is 24.3 Å². The van der Waals surface area contributed by atoms with Gasteiger partial charge in [-0.3, -0.25) is 9.59 Å². The minimum atomic E-state index is -0.169. The Morgan fingerprint density at radius 2 is 1.92 bits per heavy atom. The number of hydrogen-bond acceptors (Lipinski definition) is 4. The fourth-order valence-electron chi connectivity index (χ4n) is 3.70. The van der Waals surface area contributed by atoms with E-state index in [9.17, 15) is 9.59 Å². The normalized spacial score (nSPS) is 16.5. The molecule has 1 heterocycles. The van der Waals surface area contributed by atoms with Gasteiger partial charge in [0.15, 0.2) is 0 Å². The van der Waals surface area contributed by atoms with Crippen LogP contribution >= 0.6 is 11.3 Å². The number of para-hydroxylation sites is 1. The topological polar surface area (TPSA) is 71.1 Å². The van der Waals surface area contributed by atoms with Gasteiger partial charge in [0.25, 0.3) is 0 Å². The molecule has 0 bridgehead atoms. The van der Waals surface area contributed by atoms with E-state index in [1.807, 2.05) is 18.2 Å². The second kappa shape index (κ2) is 7.95. The predicted octanol–water partition coefficient (Wildman–Crippen LogP) is 3.04. The molecule has 2 amide bonds. The third-order valence-corrected chi connectivity index (χ3v) is 6.08. The Kier molecular flexibility index (Phi) is 5.68. The maximum absolute atomic E-state index is 12.4. The summed E-state index contributed by atoms with van der Waals surface area (Å²) in [6.45, 7) is 0.0482. The van der Waals surface area contributed by atoms with E-state index >= 15 is 0 Å². The largest absolute Gasteiger partial charge is 0.358 e. The van der Waals surface area contributed by atoms with Crippen LogP contribution in [-0.2, 0) is 16.0 Å². The van der Waals surface area contributed by atoms with Crippen LogP contribution in [0.4, 0.5) is 0 Å². The quantitative estimate of drug-likeness (QED) is 0.833. The zero-order valence-electron chi connectivity index (χ0n) is 14.6. The highest BCUT2D eigenvalue weighted by Crippen LogP contribution is 2.43. The molecule has 1 aliphatic rings. The number of rotatable bonds is 6. The van der Waals surface area contributed by atoms with E-state index in [-0.39, 0.29) is 23.8 Å². The van der Waals surface area contributed by atoms with Crippen LogP contribution in [0.5, 0.6) is 0 Å². The molecule has 1 saturated carbocycles. The van der Waals surface area contributed by atoms with Crippen LogP contribution in [0.25, 0.3) is 10.2 Å².